The van der Waals surface area contributed by atoms with E-state index in [1.54, 1.807) is 18.2 Å². The molecule has 102 valence electrons. The molecule has 0 unspecified atom stereocenters. The van der Waals surface area contributed by atoms with Gasteiger partial charge in [0.2, 0.25) is 0 Å². The summed E-state index contributed by atoms with van der Waals surface area (Å²) in [7, 11) is 0. The SMILES string of the molecule is Cc1cccc(C(=O)c2ccc3c(c2)OCCO3)c1I. The van der Waals surface area contributed by atoms with Crippen LogP contribution in [0.5, 0.6) is 11.5 Å². The number of hydrogen-bond acceptors (Lipinski definition) is 3. The van der Waals surface area contributed by atoms with Crippen LogP contribution in [-0.2, 0) is 0 Å². The van der Waals surface area contributed by atoms with Crippen LogP contribution >= 0.6 is 22.6 Å². The molecule has 3 rings (SSSR count). The monoisotopic (exact) mass is 380 g/mol. The van der Waals surface area contributed by atoms with Crippen LogP contribution in [0, 0.1) is 10.5 Å². The Morgan fingerprint density at radius 3 is 2.65 bits per heavy atom. The second kappa shape index (κ2) is 5.44. The fourth-order valence-corrected chi connectivity index (χ4v) is 2.77. The Balaban J connectivity index is 2.00. The van der Waals surface area contributed by atoms with E-state index in [2.05, 4.69) is 22.6 Å². The number of aryl methyl sites for hydroxylation is 1. The van der Waals surface area contributed by atoms with Crippen LogP contribution in [-0.4, -0.2) is 19.0 Å². The molecule has 1 aliphatic rings. The summed E-state index contributed by atoms with van der Waals surface area (Å²) in [4.78, 5) is 12.6. The molecule has 3 nitrogen and oxygen atoms in total. The molecule has 0 N–H and O–H groups in total. The zero-order chi connectivity index (χ0) is 14.1. The number of carbonyl (C=O) groups excluding carboxylic acids is 1. The fraction of sp³-hybridized carbons (Fsp3) is 0.188. The fourth-order valence-electron chi connectivity index (χ4n) is 2.16. The Morgan fingerprint density at radius 1 is 1.10 bits per heavy atom. The maximum atomic E-state index is 12.6. The molecular formula is C16H13IO3. The van der Waals surface area contributed by atoms with Crippen LogP contribution in [0.3, 0.4) is 0 Å². The van der Waals surface area contributed by atoms with Gasteiger partial charge in [-0.1, -0.05) is 12.1 Å². The van der Waals surface area contributed by atoms with Crippen molar-refractivity contribution in [3.63, 3.8) is 0 Å². The number of benzene rings is 2. The van der Waals surface area contributed by atoms with Gasteiger partial charge in [-0.2, -0.15) is 0 Å². The summed E-state index contributed by atoms with van der Waals surface area (Å²) in [6.45, 7) is 3.07. The van der Waals surface area contributed by atoms with E-state index in [0.717, 1.165) is 14.7 Å². The lowest BCUT2D eigenvalue weighted by Crippen LogP contribution is -2.16. The lowest BCUT2D eigenvalue weighted by atomic mass is 10.0. The Labute approximate surface area is 131 Å². The second-order valence-corrected chi connectivity index (χ2v) is 5.70. The van der Waals surface area contributed by atoms with Crippen molar-refractivity contribution in [2.75, 3.05) is 13.2 Å². The van der Waals surface area contributed by atoms with E-state index in [0.29, 0.717) is 30.3 Å². The average molecular weight is 380 g/mol. The van der Waals surface area contributed by atoms with Crippen LogP contribution in [0.15, 0.2) is 36.4 Å². The van der Waals surface area contributed by atoms with E-state index in [1.807, 2.05) is 25.1 Å². The molecule has 0 saturated heterocycles. The molecule has 1 aliphatic heterocycles. The molecule has 0 radical (unpaired) electrons. The Bertz CT molecular complexity index is 679. The predicted octanol–water partition coefficient (Wildman–Crippen LogP) is 3.60. The van der Waals surface area contributed by atoms with Crippen molar-refractivity contribution in [2.24, 2.45) is 0 Å². The van der Waals surface area contributed by atoms with Crippen LogP contribution in [0.25, 0.3) is 0 Å². The summed E-state index contributed by atoms with van der Waals surface area (Å²) >= 11 is 2.21. The highest BCUT2D eigenvalue weighted by atomic mass is 127. The van der Waals surface area contributed by atoms with Crippen molar-refractivity contribution < 1.29 is 14.3 Å². The largest absolute Gasteiger partial charge is 0.486 e. The number of ketones is 1. The van der Waals surface area contributed by atoms with E-state index in [1.165, 1.54) is 0 Å². The molecule has 0 atom stereocenters. The molecule has 0 fully saturated rings. The first-order valence-electron chi connectivity index (χ1n) is 6.36. The van der Waals surface area contributed by atoms with E-state index < -0.39 is 0 Å². The number of fused-ring (bicyclic) bond motifs is 1. The Hall–Kier alpha value is -1.56. The minimum Gasteiger partial charge on any atom is -0.486 e. The van der Waals surface area contributed by atoms with Crippen LogP contribution in [0.4, 0.5) is 0 Å². The number of rotatable bonds is 2. The van der Waals surface area contributed by atoms with Crippen LogP contribution in [0.2, 0.25) is 0 Å². The first-order valence-corrected chi connectivity index (χ1v) is 7.44. The average Bonchev–Trinajstić information content (AvgIpc) is 2.49. The molecule has 2 aromatic carbocycles. The van der Waals surface area contributed by atoms with Gasteiger partial charge >= 0.3 is 0 Å². The number of hydrogen-bond donors (Lipinski definition) is 0. The highest BCUT2D eigenvalue weighted by Gasteiger charge is 2.18. The predicted molar refractivity (Wildman–Crippen MR) is 84.8 cm³/mol. The maximum absolute atomic E-state index is 12.6. The quantitative estimate of drug-likeness (QED) is 0.590. The molecule has 1 heterocycles. The third kappa shape index (κ3) is 2.40. The van der Waals surface area contributed by atoms with E-state index in [4.69, 9.17) is 9.47 Å². The Morgan fingerprint density at radius 2 is 1.85 bits per heavy atom. The van der Waals surface area contributed by atoms with Gasteiger partial charge in [0.25, 0.3) is 0 Å². The third-order valence-electron chi connectivity index (χ3n) is 3.24. The van der Waals surface area contributed by atoms with Crippen molar-refractivity contribution in [3.05, 3.63) is 56.7 Å². The van der Waals surface area contributed by atoms with Gasteiger partial charge in [-0.15, -0.1) is 0 Å². The zero-order valence-corrected chi connectivity index (χ0v) is 13.1. The van der Waals surface area contributed by atoms with Gasteiger partial charge in [0.1, 0.15) is 13.2 Å². The van der Waals surface area contributed by atoms with Gasteiger partial charge in [0, 0.05) is 14.7 Å². The first-order chi connectivity index (χ1) is 9.66. The Kier molecular flexibility index (Phi) is 3.65. The third-order valence-corrected chi connectivity index (χ3v) is 4.67. The molecule has 20 heavy (non-hydrogen) atoms. The molecule has 2 aromatic rings. The number of carbonyl (C=O) groups is 1. The van der Waals surface area contributed by atoms with E-state index in [-0.39, 0.29) is 5.78 Å². The minimum absolute atomic E-state index is 0.00933. The summed E-state index contributed by atoms with van der Waals surface area (Å²) < 4.78 is 12.0. The summed E-state index contributed by atoms with van der Waals surface area (Å²) in [6, 6.07) is 11.1. The van der Waals surface area contributed by atoms with Crippen LogP contribution < -0.4 is 9.47 Å². The number of halogens is 1. The van der Waals surface area contributed by atoms with E-state index in [9.17, 15) is 4.79 Å². The van der Waals surface area contributed by atoms with Gasteiger partial charge in [-0.3, -0.25) is 4.79 Å². The summed E-state index contributed by atoms with van der Waals surface area (Å²) in [5.74, 6) is 1.35. The van der Waals surface area contributed by atoms with Crippen molar-refractivity contribution in [1.82, 2.24) is 0 Å². The summed E-state index contributed by atoms with van der Waals surface area (Å²) in [5.41, 5.74) is 2.45. The topological polar surface area (TPSA) is 35.5 Å². The van der Waals surface area contributed by atoms with Gasteiger partial charge in [-0.25, -0.2) is 0 Å². The molecule has 4 heteroatoms. The van der Waals surface area contributed by atoms with Crippen molar-refractivity contribution in [2.45, 2.75) is 6.92 Å². The number of ether oxygens (including phenoxy) is 2. The summed E-state index contributed by atoms with van der Waals surface area (Å²) in [6.07, 6.45) is 0. The zero-order valence-electron chi connectivity index (χ0n) is 11.0. The van der Waals surface area contributed by atoms with Crippen molar-refractivity contribution >= 4 is 28.4 Å². The van der Waals surface area contributed by atoms with E-state index >= 15 is 0 Å². The van der Waals surface area contributed by atoms with Gasteiger partial charge in [-0.05, 0) is 59.3 Å². The lowest BCUT2D eigenvalue weighted by Gasteiger charge is -2.18. The molecule has 0 saturated carbocycles. The summed E-state index contributed by atoms with van der Waals surface area (Å²) in [5, 5.41) is 0. The molecule has 0 spiro atoms. The minimum atomic E-state index is 0.00933. The normalized spacial score (nSPS) is 13.1. The standard InChI is InChI=1S/C16H13IO3/c1-10-3-2-4-12(15(10)17)16(18)11-5-6-13-14(9-11)20-8-7-19-13/h2-6,9H,7-8H2,1H3. The molecular weight excluding hydrogens is 367 g/mol. The maximum Gasteiger partial charge on any atom is 0.194 e. The van der Waals surface area contributed by atoms with Crippen molar-refractivity contribution in [1.29, 1.82) is 0 Å². The molecule has 0 bridgehead atoms. The smallest absolute Gasteiger partial charge is 0.194 e. The molecule has 0 aromatic heterocycles. The highest BCUT2D eigenvalue weighted by Crippen LogP contribution is 2.32. The second-order valence-electron chi connectivity index (χ2n) is 4.62. The van der Waals surface area contributed by atoms with Crippen LogP contribution in [0.1, 0.15) is 21.5 Å². The van der Waals surface area contributed by atoms with Gasteiger partial charge in [0.05, 0.1) is 0 Å². The highest BCUT2D eigenvalue weighted by molar-refractivity contribution is 14.1. The van der Waals surface area contributed by atoms with Gasteiger partial charge in [0.15, 0.2) is 17.3 Å². The molecule has 0 amide bonds. The van der Waals surface area contributed by atoms with Gasteiger partial charge < -0.3 is 9.47 Å². The first kappa shape index (κ1) is 13.4. The lowest BCUT2D eigenvalue weighted by molar-refractivity contribution is 0.103. The molecule has 0 aliphatic carbocycles. The van der Waals surface area contributed by atoms with Crippen molar-refractivity contribution in [3.8, 4) is 11.5 Å².